The van der Waals surface area contributed by atoms with Gasteiger partial charge in [-0.3, -0.25) is 9.69 Å². The van der Waals surface area contributed by atoms with E-state index in [1.54, 1.807) is 13.3 Å². The number of aromatic nitrogens is 4. The van der Waals surface area contributed by atoms with Crippen molar-refractivity contribution in [2.24, 2.45) is 0 Å². The van der Waals surface area contributed by atoms with Crippen LogP contribution in [-0.2, 0) is 4.79 Å². The zero-order chi connectivity index (χ0) is 23.3. The molecule has 4 heterocycles. The third-order valence-electron chi connectivity index (χ3n) is 7.34. The summed E-state index contributed by atoms with van der Waals surface area (Å²) in [6, 6.07) is 6.95. The topological polar surface area (TPSA) is 66.3 Å². The molecule has 1 aromatic carbocycles. The molecule has 1 aliphatic rings. The average molecular weight is 444 g/mol. The normalized spacial score (nSPS) is 15.8. The summed E-state index contributed by atoms with van der Waals surface area (Å²) in [6.07, 6.45) is 5.93. The molecule has 0 radical (unpaired) electrons. The number of fused-ring (bicyclic) bond motifs is 2. The molecule has 0 atom stereocenters. The highest BCUT2D eigenvalue weighted by Gasteiger charge is 2.24. The van der Waals surface area contributed by atoms with E-state index in [2.05, 4.69) is 72.1 Å². The van der Waals surface area contributed by atoms with E-state index < -0.39 is 0 Å². The molecule has 1 aliphatic heterocycles. The standard InChI is InChI=1S/C27H33N5O/c1-16(2)25-22-12-21(20-8-10-31(11-9-20)13-17(3)33)6-7-24(22)30-26(25)23-14-32-27(28-15-29-32)19(5)18(23)4/h6-7,12,14-16,20,30H,8-11,13H2,1-5H3. The van der Waals surface area contributed by atoms with E-state index in [9.17, 15) is 4.79 Å². The number of carbonyl (C=O) groups excluding carboxylic acids is 1. The van der Waals surface area contributed by atoms with Gasteiger partial charge in [-0.2, -0.15) is 5.10 Å². The van der Waals surface area contributed by atoms with Crippen LogP contribution in [0.25, 0.3) is 27.8 Å². The molecule has 3 aromatic heterocycles. The minimum Gasteiger partial charge on any atom is -0.354 e. The number of pyridine rings is 1. The first-order chi connectivity index (χ1) is 15.8. The van der Waals surface area contributed by atoms with Crippen molar-refractivity contribution in [1.29, 1.82) is 0 Å². The number of hydrogen-bond acceptors (Lipinski definition) is 4. The minimum absolute atomic E-state index is 0.255. The Balaban J connectivity index is 1.56. The van der Waals surface area contributed by atoms with Gasteiger partial charge in [0.15, 0.2) is 5.65 Å². The van der Waals surface area contributed by atoms with Gasteiger partial charge in [-0.15, -0.1) is 0 Å². The van der Waals surface area contributed by atoms with Crippen molar-refractivity contribution < 1.29 is 4.79 Å². The second-order valence-corrected chi connectivity index (χ2v) is 9.95. The third-order valence-corrected chi connectivity index (χ3v) is 7.34. The van der Waals surface area contributed by atoms with Gasteiger partial charge in [0, 0.05) is 22.7 Å². The molecule has 1 saturated heterocycles. The molecule has 0 aliphatic carbocycles. The fourth-order valence-corrected chi connectivity index (χ4v) is 5.49. The number of benzene rings is 1. The fraction of sp³-hybridized carbons (Fsp3) is 0.444. The number of nitrogens with zero attached hydrogens (tertiary/aromatic N) is 4. The lowest BCUT2D eigenvalue weighted by Gasteiger charge is -2.31. The Morgan fingerprint density at radius 3 is 2.64 bits per heavy atom. The van der Waals surface area contributed by atoms with Crippen molar-refractivity contribution in [1.82, 2.24) is 24.5 Å². The third kappa shape index (κ3) is 3.86. The van der Waals surface area contributed by atoms with E-state index >= 15 is 0 Å². The first-order valence-corrected chi connectivity index (χ1v) is 12.0. The number of carbonyl (C=O) groups is 1. The largest absolute Gasteiger partial charge is 0.354 e. The Hall–Kier alpha value is -2.99. The summed E-state index contributed by atoms with van der Waals surface area (Å²) in [6.45, 7) is 13.1. The number of aryl methyl sites for hydroxylation is 1. The van der Waals surface area contributed by atoms with Gasteiger partial charge >= 0.3 is 0 Å². The van der Waals surface area contributed by atoms with E-state index in [0.717, 1.165) is 37.1 Å². The molecule has 6 heteroatoms. The summed E-state index contributed by atoms with van der Waals surface area (Å²) in [4.78, 5) is 21.9. The highest BCUT2D eigenvalue weighted by Crippen LogP contribution is 2.39. The highest BCUT2D eigenvalue weighted by atomic mass is 16.1. The Morgan fingerprint density at radius 1 is 1.18 bits per heavy atom. The number of aromatic amines is 1. The van der Waals surface area contributed by atoms with Crippen LogP contribution in [0.1, 0.15) is 67.7 Å². The smallest absolute Gasteiger partial charge is 0.158 e. The van der Waals surface area contributed by atoms with E-state index in [4.69, 9.17) is 0 Å². The molecule has 0 bridgehead atoms. The Bertz CT molecular complexity index is 1340. The van der Waals surface area contributed by atoms with Crippen molar-refractivity contribution >= 4 is 22.3 Å². The van der Waals surface area contributed by atoms with Crippen LogP contribution in [0.15, 0.2) is 30.7 Å². The molecule has 1 fully saturated rings. The molecular weight excluding hydrogens is 410 g/mol. The van der Waals surface area contributed by atoms with Crippen molar-refractivity contribution in [3.63, 3.8) is 0 Å². The molecule has 33 heavy (non-hydrogen) atoms. The van der Waals surface area contributed by atoms with Gasteiger partial charge < -0.3 is 4.98 Å². The summed E-state index contributed by atoms with van der Waals surface area (Å²) in [5, 5.41) is 5.72. The highest BCUT2D eigenvalue weighted by molar-refractivity contribution is 5.92. The first-order valence-electron chi connectivity index (χ1n) is 12.0. The molecule has 0 unspecified atom stereocenters. The van der Waals surface area contributed by atoms with Gasteiger partial charge in [0.05, 0.1) is 12.2 Å². The lowest BCUT2D eigenvalue weighted by molar-refractivity contribution is -0.118. The molecule has 6 nitrogen and oxygen atoms in total. The summed E-state index contributed by atoms with van der Waals surface area (Å²) >= 11 is 0. The van der Waals surface area contributed by atoms with Gasteiger partial charge in [-0.05, 0) is 92.9 Å². The van der Waals surface area contributed by atoms with E-state index in [1.807, 2.05) is 4.52 Å². The molecular formula is C27H33N5O. The molecule has 1 N–H and O–H groups in total. The average Bonchev–Trinajstić information content (AvgIpc) is 3.40. The maximum absolute atomic E-state index is 11.5. The number of ketones is 1. The van der Waals surface area contributed by atoms with E-state index in [0.29, 0.717) is 18.4 Å². The SMILES string of the molecule is CC(=O)CN1CCC(c2ccc3[nH]c(-c4cn5ncnc5c(C)c4C)c(C(C)C)c3c2)CC1. The minimum atomic E-state index is 0.255. The maximum Gasteiger partial charge on any atom is 0.158 e. The zero-order valence-corrected chi connectivity index (χ0v) is 20.3. The number of Topliss-reactive ketones (excluding diaryl/α,β-unsaturated/α-hetero) is 1. The molecule has 5 rings (SSSR count). The molecule has 0 amide bonds. The Kier molecular flexibility index (Phi) is 5.57. The fourth-order valence-electron chi connectivity index (χ4n) is 5.49. The summed E-state index contributed by atoms with van der Waals surface area (Å²) in [7, 11) is 0. The van der Waals surface area contributed by atoms with Crippen molar-refractivity contribution in [2.45, 2.75) is 59.3 Å². The number of rotatable bonds is 5. The van der Waals surface area contributed by atoms with Crippen molar-refractivity contribution in [3.05, 3.63) is 53.0 Å². The van der Waals surface area contributed by atoms with E-state index in [1.165, 1.54) is 38.9 Å². The van der Waals surface area contributed by atoms with Gasteiger partial charge in [-0.25, -0.2) is 9.50 Å². The number of nitrogens with one attached hydrogen (secondary N) is 1. The van der Waals surface area contributed by atoms with Crippen LogP contribution >= 0.6 is 0 Å². The van der Waals surface area contributed by atoms with Crippen LogP contribution in [0.2, 0.25) is 0 Å². The summed E-state index contributed by atoms with van der Waals surface area (Å²) in [5.41, 5.74) is 9.65. The Labute approximate surface area is 195 Å². The van der Waals surface area contributed by atoms with Crippen LogP contribution in [0, 0.1) is 13.8 Å². The zero-order valence-electron chi connectivity index (χ0n) is 20.3. The number of hydrogen-bond donors (Lipinski definition) is 1. The first kappa shape index (κ1) is 21.8. The van der Waals surface area contributed by atoms with Crippen molar-refractivity contribution in [3.8, 4) is 11.3 Å². The number of H-pyrrole nitrogens is 1. The number of likely N-dealkylation sites (tertiary alicyclic amines) is 1. The summed E-state index contributed by atoms with van der Waals surface area (Å²) in [5.74, 6) is 1.19. The van der Waals surface area contributed by atoms with Crippen molar-refractivity contribution in [2.75, 3.05) is 19.6 Å². The maximum atomic E-state index is 11.5. The molecule has 4 aromatic rings. The van der Waals surface area contributed by atoms with Crippen LogP contribution in [0.3, 0.4) is 0 Å². The van der Waals surface area contributed by atoms with Gasteiger partial charge in [0.25, 0.3) is 0 Å². The van der Waals surface area contributed by atoms with Crippen LogP contribution in [0.5, 0.6) is 0 Å². The lowest BCUT2D eigenvalue weighted by Crippen LogP contribution is -2.36. The molecule has 172 valence electrons. The lowest BCUT2D eigenvalue weighted by atomic mass is 9.87. The molecule has 0 saturated carbocycles. The van der Waals surface area contributed by atoms with Crippen LogP contribution in [-0.4, -0.2) is 49.9 Å². The van der Waals surface area contributed by atoms with Crippen LogP contribution < -0.4 is 0 Å². The monoisotopic (exact) mass is 443 g/mol. The van der Waals surface area contributed by atoms with Gasteiger partial charge in [0.1, 0.15) is 12.1 Å². The number of piperidine rings is 1. The van der Waals surface area contributed by atoms with Gasteiger partial charge in [0.2, 0.25) is 0 Å². The van der Waals surface area contributed by atoms with Gasteiger partial charge in [-0.1, -0.05) is 19.9 Å². The quantitative estimate of drug-likeness (QED) is 0.449. The van der Waals surface area contributed by atoms with Crippen LogP contribution in [0.4, 0.5) is 0 Å². The second kappa shape index (κ2) is 8.41. The predicted octanol–water partition coefficient (Wildman–Crippen LogP) is 5.39. The van der Waals surface area contributed by atoms with E-state index in [-0.39, 0.29) is 5.78 Å². The predicted molar refractivity (Wildman–Crippen MR) is 133 cm³/mol. The summed E-state index contributed by atoms with van der Waals surface area (Å²) < 4.78 is 1.88. The Morgan fingerprint density at radius 2 is 1.94 bits per heavy atom. The second-order valence-electron chi connectivity index (χ2n) is 9.95. The molecule has 0 spiro atoms.